The maximum atomic E-state index is 13.3. The normalized spacial score (nSPS) is 17.1. The van der Waals surface area contributed by atoms with Gasteiger partial charge < -0.3 is 4.90 Å². The molecule has 1 amide bonds. The standard InChI is InChI=1S/C21H21ClN4O3S2/c22-18-9-10-19(30-18)31(28,29)25-13-11-24(12-14-25)21(27)20-16-7-4-8-17(16)26(23-20)15-5-2-1-3-6-15/h1-3,5-6,9-10H,4,7-8,11-14H2. The van der Waals surface area contributed by atoms with E-state index in [1.54, 1.807) is 11.0 Å². The molecule has 1 aromatic carbocycles. The van der Waals surface area contributed by atoms with Gasteiger partial charge in [0.2, 0.25) is 0 Å². The van der Waals surface area contributed by atoms with Gasteiger partial charge in [-0.1, -0.05) is 29.8 Å². The van der Waals surface area contributed by atoms with E-state index in [4.69, 9.17) is 11.6 Å². The quantitative estimate of drug-likeness (QED) is 0.579. The maximum absolute atomic E-state index is 13.3. The van der Waals surface area contributed by atoms with E-state index >= 15 is 0 Å². The van der Waals surface area contributed by atoms with Crippen LogP contribution in [0.15, 0.2) is 46.7 Å². The third-order valence-corrected chi connectivity index (χ3v) is 9.40. The second kappa shape index (κ2) is 8.05. The molecular weight excluding hydrogens is 456 g/mol. The molecule has 0 saturated carbocycles. The number of benzene rings is 1. The van der Waals surface area contributed by atoms with Gasteiger partial charge >= 0.3 is 0 Å². The highest BCUT2D eigenvalue weighted by Crippen LogP contribution is 2.30. The number of carbonyl (C=O) groups excluding carboxylic acids is 1. The van der Waals surface area contributed by atoms with E-state index < -0.39 is 10.0 Å². The highest BCUT2D eigenvalue weighted by Gasteiger charge is 2.34. The van der Waals surface area contributed by atoms with Crippen LogP contribution < -0.4 is 0 Å². The van der Waals surface area contributed by atoms with Gasteiger partial charge in [0.05, 0.1) is 10.0 Å². The molecule has 0 radical (unpaired) electrons. The fourth-order valence-electron chi connectivity index (χ4n) is 4.24. The molecule has 0 bridgehead atoms. The lowest BCUT2D eigenvalue weighted by Gasteiger charge is -2.33. The predicted octanol–water partition coefficient (Wildman–Crippen LogP) is 3.22. The van der Waals surface area contributed by atoms with Gasteiger partial charge in [-0.15, -0.1) is 11.3 Å². The molecule has 0 spiro atoms. The first kappa shape index (κ1) is 20.7. The van der Waals surface area contributed by atoms with E-state index in [9.17, 15) is 13.2 Å². The van der Waals surface area contributed by atoms with E-state index in [1.807, 2.05) is 35.0 Å². The van der Waals surface area contributed by atoms with Gasteiger partial charge in [0.1, 0.15) is 4.21 Å². The molecule has 1 fully saturated rings. The number of piperazine rings is 1. The highest BCUT2D eigenvalue weighted by atomic mass is 35.5. The minimum absolute atomic E-state index is 0.121. The zero-order chi connectivity index (χ0) is 21.6. The van der Waals surface area contributed by atoms with Crippen molar-refractivity contribution in [2.24, 2.45) is 0 Å². The molecule has 3 heterocycles. The number of amides is 1. The van der Waals surface area contributed by atoms with Gasteiger partial charge in [-0.3, -0.25) is 4.79 Å². The SMILES string of the molecule is O=C(c1nn(-c2ccccc2)c2c1CCC2)N1CCN(S(=O)(=O)c2ccc(Cl)s2)CC1. The number of aromatic nitrogens is 2. The molecule has 31 heavy (non-hydrogen) atoms. The summed E-state index contributed by atoms with van der Waals surface area (Å²) in [4.78, 5) is 15.0. The molecule has 0 unspecified atom stereocenters. The molecular formula is C21H21ClN4O3S2. The molecule has 0 atom stereocenters. The van der Waals surface area contributed by atoms with Crippen LogP contribution in [-0.2, 0) is 22.9 Å². The Balaban J connectivity index is 1.35. The Morgan fingerprint density at radius 1 is 1.00 bits per heavy atom. The lowest BCUT2D eigenvalue weighted by molar-refractivity contribution is 0.0690. The van der Waals surface area contributed by atoms with Crippen molar-refractivity contribution in [2.75, 3.05) is 26.2 Å². The Kier molecular flexibility index (Phi) is 5.37. The lowest BCUT2D eigenvalue weighted by Crippen LogP contribution is -2.50. The van der Waals surface area contributed by atoms with E-state index in [1.165, 1.54) is 10.4 Å². The summed E-state index contributed by atoms with van der Waals surface area (Å²) < 4.78 is 29.6. The van der Waals surface area contributed by atoms with Crippen LogP contribution in [0.4, 0.5) is 0 Å². The van der Waals surface area contributed by atoms with Crippen molar-refractivity contribution in [1.29, 1.82) is 0 Å². The molecule has 5 rings (SSSR count). The minimum atomic E-state index is -3.59. The fraction of sp³-hybridized carbons (Fsp3) is 0.333. The fourth-order valence-corrected chi connectivity index (χ4v) is 7.30. The number of rotatable bonds is 4. The number of sulfonamides is 1. The third kappa shape index (κ3) is 3.69. The first-order valence-corrected chi connectivity index (χ1v) is 12.8. The molecule has 1 saturated heterocycles. The summed E-state index contributed by atoms with van der Waals surface area (Å²) in [6.07, 6.45) is 2.76. The minimum Gasteiger partial charge on any atom is -0.335 e. The van der Waals surface area contributed by atoms with E-state index in [0.29, 0.717) is 23.1 Å². The van der Waals surface area contributed by atoms with Crippen LogP contribution in [-0.4, -0.2) is 59.5 Å². The van der Waals surface area contributed by atoms with Crippen LogP contribution in [0, 0.1) is 0 Å². The van der Waals surface area contributed by atoms with Crippen molar-refractivity contribution < 1.29 is 13.2 Å². The molecule has 1 aliphatic heterocycles. The van der Waals surface area contributed by atoms with Crippen LogP contribution in [0.1, 0.15) is 28.2 Å². The first-order chi connectivity index (χ1) is 14.9. The van der Waals surface area contributed by atoms with Crippen LogP contribution in [0.3, 0.4) is 0 Å². The average molecular weight is 477 g/mol. The van der Waals surface area contributed by atoms with Crippen LogP contribution >= 0.6 is 22.9 Å². The van der Waals surface area contributed by atoms with Crippen molar-refractivity contribution in [2.45, 2.75) is 23.5 Å². The molecule has 2 aliphatic rings. The van der Waals surface area contributed by atoms with Gasteiger partial charge in [-0.2, -0.15) is 9.40 Å². The zero-order valence-electron chi connectivity index (χ0n) is 16.7. The number of carbonyl (C=O) groups is 1. The molecule has 2 aromatic heterocycles. The third-order valence-electron chi connectivity index (χ3n) is 5.80. The van der Waals surface area contributed by atoms with E-state index in [2.05, 4.69) is 5.10 Å². The number of halogens is 1. The van der Waals surface area contributed by atoms with Gasteiger partial charge in [0.15, 0.2) is 5.69 Å². The molecule has 3 aromatic rings. The zero-order valence-corrected chi connectivity index (χ0v) is 19.1. The Labute approximate surface area is 189 Å². The number of para-hydroxylation sites is 1. The molecule has 1 aliphatic carbocycles. The summed E-state index contributed by atoms with van der Waals surface area (Å²) in [6.45, 7) is 1.19. The maximum Gasteiger partial charge on any atom is 0.274 e. The smallest absolute Gasteiger partial charge is 0.274 e. The molecule has 7 nitrogen and oxygen atoms in total. The number of hydrogen-bond acceptors (Lipinski definition) is 5. The average Bonchev–Trinajstić information content (AvgIpc) is 3.51. The van der Waals surface area contributed by atoms with Crippen molar-refractivity contribution in [3.8, 4) is 5.69 Å². The summed E-state index contributed by atoms with van der Waals surface area (Å²) >= 11 is 6.95. The van der Waals surface area contributed by atoms with Crippen molar-refractivity contribution in [3.63, 3.8) is 0 Å². The van der Waals surface area contributed by atoms with Crippen LogP contribution in [0.5, 0.6) is 0 Å². The summed E-state index contributed by atoms with van der Waals surface area (Å²) in [5, 5.41) is 4.68. The highest BCUT2D eigenvalue weighted by molar-refractivity contribution is 7.91. The van der Waals surface area contributed by atoms with Crippen LogP contribution in [0.2, 0.25) is 4.34 Å². The van der Waals surface area contributed by atoms with Gasteiger partial charge in [-0.25, -0.2) is 13.1 Å². The van der Waals surface area contributed by atoms with Crippen molar-refractivity contribution >= 4 is 38.9 Å². The second-order valence-corrected chi connectivity index (χ2v) is 11.5. The van der Waals surface area contributed by atoms with Crippen LogP contribution in [0.25, 0.3) is 5.69 Å². The summed E-state index contributed by atoms with van der Waals surface area (Å²) in [6, 6.07) is 13.0. The first-order valence-electron chi connectivity index (χ1n) is 10.2. The number of fused-ring (bicyclic) bond motifs is 1. The Morgan fingerprint density at radius 2 is 1.74 bits per heavy atom. The van der Waals surface area contributed by atoms with Gasteiger partial charge in [0, 0.05) is 37.4 Å². The number of nitrogens with zero attached hydrogens (tertiary/aromatic N) is 4. The lowest BCUT2D eigenvalue weighted by atomic mass is 10.1. The monoisotopic (exact) mass is 476 g/mol. The second-order valence-electron chi connectivity index (χ2n) is 7.63. The molecule has 162 valence electrons. The number of thiophene rings is 1. The summed E-state index contributed by atoms with van der Waals surface area (Å²) in [7, 11) is -3.59. The Bertz CT molecular complexity index is 1230. The predicted molar refractivity (Wildman–Crippen MR) is 120 cm³/mol. The largest absolute Gasteiger partial charge is 0.335 e. The van der Waals surface area contributed by atoms with E-state index in [0.717, 1.165) is 47.5 Å². The summed E-state index contributed by atoms with van der Waals surface area (Å²) in [5.74, 6) is -0.121. The van der Waals surface area contributed by atoms with Crippen molar-refractivity contribution in [3.05, 3.63) is 63.8 Å². The van der Waals surface area contributed by atoms with Gasteiger partial charge in [-0.05, 0) is 43.5 Å². The van der Waals surface area contributed by atoms with E-state index in [-0.39, 0.29) is 23.2 Å². The summed E-state index contributed by atoms with van der Waals surface area (Å²) in [5.41, 5.74) is 3.57. The Hall–Kier alpha value is -2.20. The Morgan fingerprint density at radius 3 is 2.42 bits per heavy atom. The topological polar surface area (TPSA) is 75.5 Å². The molecule has 0 N–H and O–H groups in total. The number of hydrogen-bond donors (Lipinski definition) is 0. The molecule has 10 heteroatoms. The van der Waals surface area contributed by atoms with Crippen molar-refractivity contribution in [1.82, 2.24) is 19.0 Å². The van der Waals surface area contributed by atoms with Gasteiger partial charge in [0.25, 0.3) is 15.9 Å².